The zero-order valence-corrected chi connectivity index (χ0v) is 21.0. The van der Waals surface area contributed by atoms with Crippen LogP contribution < -0.4 is 15.5 Å². The number of likely N-dealkylation sites (N-methyl/N-ethyl adjacent to an activating group) is 1. The number of morpholine rings is 1. The van der Waals surface area contributed by atoms with E-state index in [4.69, 9.17) is 9.72 Å². The van der Waals surface area contributed by atoms with Crippen LogP contribution in [-0.4, -0.2) is 64.7 Å². The SMILES string of the molecule is CN1Cc2nc(Nc3ccc(-c4ccnc5c4ccn5C)c4c3C(=O)NC4)ccc2N2CCOC[C@@H]2C1. The van der Waals surface area contributed by atoms with E-state index in [-0.39, 0.29) is 5.91 Å². The Hall–Kier alpha value is -3.95. The standard InChI is InChI=1S/C28H29N7O2/c1-33-14-17-16-37-12-11-35(17)24-5-6-25(32-23(24)15-33)31-22-4-3-18(21-13-30-28(36)26(21)22)19-7-9-29-27-20(19)8-10-34(27)2/h3-10,17H,11-16H2,1-2H3,(H,30,36)(H,31,32)/t17-/m0/s1. The highest BCUT2D eigenvalue weighted by Gasteiger charge is 2.31. The van der Waals surface area contributed by atoms with Crippen LogP contribution in [0.4, 0.5) is 17.2 Å². The van der Waals surface area contributed by atoms with E-state index < -0.39 is 0 Å². The number of ether oxygens (including phenoxy) is 1. The first-order chi connectivity index (χ1) is 18.1. The molecule has 1 amide bonds. The van der Waals surface area contributed by atoms with Gasteiger partial charge in [0.15, 0.2) is 0 Å². The fraction of sp³-hybridized carbons (Fsp3) is 0.321. The number of hydrogen-bond acceptors (Lipinski definition) is 7. The summed E-state index contributed by atoms with van der Waals surface area (Å²) in [6.07, 6.45) is 3.84. The van der Waals surface area contributed by atoms with Crippen molar-refractivity contribution in [2.45, 2.75) is 19.1 Å². The Balaban J connectivity index is 1.27. The van der Waals surface area contributed by atoms with Gasteiger partial charge in [-0.3, -0.25) is 9.69 Å². The van der Waals surface area contributed by atoms with E-state index in [1.165, 1.54) is 5.69 Å². The molecule has 2 N–H and O–H groups in total. The first-order valence-electron chi connectivity index (χ1n) is 12.7. The number of hydrogen-bond donors (Lipinski definition) is 2. The van der Waals surface area contributed by atoms with Crippen LogP contribution in [0.2, 0.25) is 0 Å². The van der Waals surface area contributed by atoms with Gasteiger partial charge in [0.1, 0.15) is 11.5 Å². The quantitative estimate of drug-likeness (QED) is 0.451. The molecule has 3 aliphatic heterocycles. The number of aromatic nitrogens is 3. The van der Waals surface area contributed by atoms with Crippen LogP contribution in [0.25, 0.3) is 22.2 Å². The maximum absolute atomic E-state index is 13.0. The Morgan fingerprint density at radius 3 is 2.95 bits per heavy atom. The molecule has 9 heteroatoms. The van der Waals surface area contributed by atoms with E-state index in [1.807, 2.05) is 42.2 Å². The molecule has 0 radical (unpaired) electrons. The van der Waals surface area contributed by atoms with Gasteiger partial charge < -0.3 is 24.8 Å². The molecule has 1 saturated heterocycles. The van der Waals surface area contributed by atoms with Gasteiger partial charge in [-0.15, -0.1) is 0 Å². The number of amides is 1. The second-order valence-corrected chi connectivity index (χ2v) is 10.1. The molecule has 0 aliphatic carbocycles. The van der Waals surface area contributed by atoms with Gasteiger partial charge in [0.25, 0.3) is 5.91 Å². The Morgan fingerprint density at radius 1 is 1.11 bits per heavy atom. The molecule has 4 aromatic rings. The minimum Gasteiger partial charge on any atom is -0.377 e. The van der Waals surface area contributed by atoms with Gasteiger partial charge in [-0.2, -0.15) is 0 Å². The van der Waals surface area contributed by atoms with Gasteiger partial charge >= 0.3 is 0 Å². The Kier molecular flexibility index (Phi) is 5.16. The van der Waals surface area contributed by atoms with Crippen LogP contribution in [-0.2, 0) is 24.9 Å². The lowest BCUT2D eigenvalue weighted by Crippen LogP contribution is -2.49. The van der Waals surface area contributed by atoms with Crippen molar-refractivity contribution < 1.29 is 9.53 Å². The second kappa shape index (κ2) is 8.57. The van der Waals surface area contributed by atoms with E-state index in [2.05, 4.69) is 50.7 Å². The first-order valence-corrected chi connectivity index (χ1v) is 12.7. The molecule has 1 fully saturated rings. The zero-order chi connectivity index (χ0) is 25.1. The second-order valence-electron chi connectivity index (χ2n) is 10.1. The topological polar surface area (TPSA) is 87.5 Å². The smallest absolute Gasteiger partial charge is 0.254 e. The lowest BCUT2D eigenvalue weighted by atomic mass is 9.94. The maximum Gasteiger partial charge on any atom is 0.254 e. The van der Waals surface area contributed by atoms with Crippen LogP contribution in [0, 0.1) is 0 Å². The van der Waals surface area contributed by atoms with Gasteiger partial charge in [-0.1, -0.05) is 6.07 Å². The van der Waals surface area contributed by atoms with Crippen LogP contribution >= 0.6 is 0 Å². The molecule has 7 rings (SSSR count). The maximum atomic E-state index is 13.0. The van der Waals surface area contributed by atoms with Crippen molar-refractivity contribution >= 4 is 34.1 Å². The summed E-state index contributed by atoms with van der Waals surface area (Å²) in [5.74, 6) is 0.672. The van der Waals surface area contributed by atoms with Crippen molar-refractivity contribution in [3.63, 3.8) is 0 Å². The Bertz CT molecular complexity index is 1550. The summed E-state index contributed by atoms with van der Waals surface area (Å²) in [7, 11) is 4.12. The lowest BCUT2D eigenvalue weighted by Gasteiger charge is -2.37. The number of aryl methyl sites for hydroxylation is 1. The van der Waals surface area contributed by atoms with Crippen molar-refractivity contribution in [3.8, 4) is 11.1 Å². The third kappa shape index (κ3) is 3.65. The molecule has 3 aromatic heterocycles. The molecule has 3 aliphatic rings. The number of rotatable bonds is 3. The van der Waals surface area contributed by atoms with E-state index in [1.54, 1.807) is 0 Å². The Morgan fingerprint density at radius 2 is 2.03 bits per heavy atom. The summed E-state index contributed by atoms with van der Waals surface area (Å²) < 4.78 is 7.75. The van der Waals surface area contributed by atoms with Crippen molar-refractivity contribution in [1.29, 1.82) is 0 Å². The van der Waals surface area contributed by atoms with Crippen LogP contribution in [0.1, 0.15) is 21.6 Å². The minimum absolute atomic E-state index is 0.0663. The summed E-state index contributed by atoms with van der Waals surface area (Å²) in [6, 6.07) is 12.7. The zero-order valence-electron chi connectivity index (χ0n) is 21.0. The molecule has 9 nitrogen and oxygen atoms in total. The summed E-state index contributed by atoms with van der Waals surface area (Å²) in [5.41, 5.74) is 7.71. The third-order valence-corrected chi connectivity index (χ3v) is 7.72. The van der Waals surface area contributed by atoms with Crippen molar-refractivity contribution in [1.82, 2.24) is 24.8 Å². The van der Waals surface area contributed by atoms with Crippen LogP contribution in [0.15, 0.2) is 48.8 Å². The van der Waals surface area contributed by atoms with Gasteiger partial charge in [-0.05, 0) is 54.1 Å². The van der Waals surface area contributed by atoms with E-state index in [9.17, 15) is 4.79 Å². The summed E-state index contributed by atoms with van der Waals surface area (Å²) in [6.45, 7) is 4.56. The normalized spacial score (nSPS) is 19.2. The number of pyridine rings is 2. The average molecular weight is 496 g/mol. The van der Waals surface area contributed by atoms with Crippen LogP contribution in [0.3, 0.4) is 0 Å². The number of nitrogens with one attached hydrogen (secondary N) is 2. The largest absolute Gasteiger partial charge is 0.377 e. The number of carbonyl (C=O) groups excluding carboxylic acids is 1. The molecule has 0 unspecified atom stereocenters. The van der Waals surface area contributed by atoms with Gasteiger partial charge in [0, 0.05) is 51.0 Å². The molecule has 0 bridgehead atoms. The van der Waals surface area contributed by atoms with Crippen molar-refractivity contribution in [3.05, 3.63) is 65.6 Å². The number of nitrogens with zero attached hydrogens (tertiary/aromatic N) is 5. The van der Waals surface area contributed by atoms with Gasteiger partial charge in [0.2, 0.25) is 0 Å². The highest BCUT2D eigenvalue weighted by molar-refractivity contribution is 6.07. The van der Waals surface area contributed by atoms with Crippen molar-refractivity contribution in [2.24, 2.45) is 7.05 Å². The molecule has 1 atom stereocenters. The number of fused-ring (bicyclic) bond motifs is 5. The fourth-order valence-corrected chi connectivity index (χ4v) is 5.99. The highest BCUT2D eigenvalue weighted by atomic mass is 16.5. The highest BCUT2D eigenvalue weighted by Crippen LogP contribution is 2.38. The summed E-state index contributed by atoms with van der Waals surface area (Å²) >= 11 is 0. The van der Waals surface area contributed by atoms with Gasteiger partial charge in [0.05, 0.1) is 41.9 Å². The molecule has 0 saturated carbocycles. The van der Waals surface area contributed by atoms with E-state index in [0.717, 1.165) is 77.8 Å². The molecule has 1 aromatic carbocycles. The van der Waals surface area contributed by atoms with Crippen molar-refractivity contribution in [2.75, 3.05) is 43.6 Å². The Labute approximate surface area is 215 Å². The number of anilines is 3. The molecule has 6 heterocycles. The number of benzene rings is 1. The third-order valence-electron chi connectivity index (χ3n) is 7.72. The molecule has 188 valence electrons. The predicted octanol–water partition coefficient (Wildman–Crippen LogP) is 3.27. The fourth-order valence-electron chi connectivity index (χ4n) is 5.99. The minimum atomic E-state index is -0.0663. The monoisotopic (exact) mass is 495 g/mol. The molecular weight excluding hydrogens is 466 g/mol. The first kappa shape index (κ1) is 22.3. The molecular formula is C28H29N7O2. The van der Waals surface area contributed by atoms with E-state index >= 15 is 0 Å². The van der Waals surface area contributed by atoms with Crippen LogP contribution in [0.5, 0.6) is 0 Å². The lowest BCUT2D eigenvalue weighted by molar-refractivity contribution is 0.0844. The molecule has 0 spiro atoms. The number of carbonyl (C=O) groups is 1. The summed E-state index contributed by atoms with van der Waals surface area (Å²) in [5, 5.41) is 7.56. The predicted molar refractivity (Wildman–Crippen MR) is 143 cm³/mol. The molecule has 37 heavy (non-hydrogen) atoms. The van der Waals surface area contributed by atoms with E-state index in [0.29, 0.717) is 18.2 Å². The van der Waals surface area contributed by atoms with Gasteiger partial charge in [-0.25, -0.2) is 9.97 Å². The average Bonchev–Trinajstić information content (AvgIpc) is 3.44. The summed E-state index contributed by atoms with van der Waals surface area (Å²) in [4.78, 5) is 27.3.